The molecule has 1 unspecified atom stereocenters. The van der Waals surface area contributed by atoms with Crippen LogP contribution in [-0.2, 0) is 11.2 Å². The Morgan fingerprint density at radius 3 is 2.78 bits per heavy atom. The summed E-state index contributed by atoms with van der Waals surface area (Å²) in [5.41, 5.74) is 5.60. The van der Waals surface area contributed by atoms with Crippen LogP contribution in [0.4, 0.5) is 0 Å². The van der Waals surface area contributed by atoms with Gasteiger partial charge in [0, 0.05) is 27.6 Å². The van der Waals surface area contributed by atoms with Crippen molar-refractivity contribution in [1.29, 1.82) is 0 Å². The van der Waals surface area contributed by atoms with Crippen molar-refractivity contribution in [2.45, 2.75) is 45.4 Å². The van der Waals surface area contributed by atoms with Crippen LogP contribution in [0.1, 0.15) is 43.9 Å². The molecule has 0 aliphatic heterocycles. The standard InChI is InChI=1S/C14H22BrNOS/c1-2-3-11(6-7-16)4-5-13(17)9-14-8-12(15)10-18-14/h8,10-11H,2-7,9,16H2,1H3. The predicted molar refractivity (Wildman–Crippen MR) is 82.0 cm³/mol. The van der Waals surface area contributed by atoms with Crippen LogP contribution in [0.25, 0.3) is 0 Å². The summed E-state index contributed by atoms with van der Waals surface area (Å²) in [4.78, 5) is 13.0. The maximum Gasteiger partial charge on any atom is 0.138 e. The normalized spacial score (nSPS) is 12.6. The van der Waals surface area contributed by atoms with Crippen molar-refractivity contribution in [3.05, 3.63) is 20.8 Å². The lowest BCUT2D eigenvalue weighted by atomic mass is 9.93. The molecule has 0 aromatic carbocycles. The molecule has 2 N–H and O–H groups in total. The van der Waals surface area contributed by atoms with E-state index < -0.39 is 0 Å². The monoisotopic (exact) mass is 331 g/mol. The Morgan fingerprint density at radius 1 is 1.44 bits per heavy atom. The number of carbonyl (C=O) groups is 1. The Morgan fingerprint density at radius 2 is 2.22 bits per heavy atom. The number of ketones is 1. The van der Waals surface area contributed by atoms with Gasteiger partial charge in [-0.15, -0.1) is 11.3 Å². The molecule has 0 saturated carbocycles. The van der Waals surface area contributed by atoms with Gasteiger partial charge >= 0.3 is 0 Å². The van der Waals surface area contributed by atoms with Crippen molar-refractivity contribution in [1.82, 2.24) is 0 Å². The van der Waals surface area contributed by atoms with Gasteiger partial charge in [-0.05, 0) is 47.3 Å². The lowest BCUT2D eigenvalue weighted by Gasteiger charge is -2.14. The minimum Gasteiger partial charge on any atom is -0.330 e. The predicted octanol–water partition coefficient (Wildman–Crippen LogP) is 4.17. The topological polar surface area (TPSA) is 43.1 Å². The van der Waals surface area contributed by atoms with Crippen molar-refractivity contribution >= 4 is 33.0 Å². The maximum atomic E-state index is 11.9. The first-order valence-corrected chi connectivity index (χ1v) is 8.27. The fourth-order valence-electron chi connectivity index (χ4n) is 2.17. The second kappa shape index (κ2) is 8.83. The quantitative estimate of drug-likeness (QED) is 0.738. The Hall–Kier alpha value is -0.190. The van der Waals surface area contributed by atoms with E-state index in [0.29, 0.717) is 24.5 Å². The van der Waals surface area contributed by atoms with Crippen LogP contribution in [-0.4, -0.2) is 12.3 Å². The summed E-state index contributed by atoms with van der Waals surface area (Å²) in [7, 11) is 0. The number of halogens is 1. The molecular formula is C14H22BrNOS. The number of hydrogen-bond acceptors (Lipinski definition) is 3. The molecular weight excluding hydrogens is 310 g/mol. The third-order valence-electron chi connectivity index (χ3n) is 3.10. The molecule has 0 spiro atoms. The van der Waals surface area contributed by atoms with Crippen LogP contribution >= 0.6 is 27.3 Å². The van der Waals surface area contributed by atoms with E-state index in [4.69, 9.17) is 5.73 Å². The molecule has 1 rings (SSSR count). The Labute approximate surface area is 122 Å². The molecule has 0 amide bonds. The lowest BCUT2D eigenvalue weighted by molar-refractivity contribution is -0.118. The van der Waals surface area contributed by atoms with Gasteiger partial charge in [0.1, 0.15) is 5.78 Å². The summed E-state index contributed by atoms with van der Waals surface area (Å²) in [6, 6.07) is 2.03. The number of Topliss-reactive ketones (excluding diaryl/α,β-unsaturated/α-hetero) is 1. The largest absolute Gasteiger partial charge is 0.330 e. The third-order valence-corrected chi connectivity index (χ3v) is 4.79. The number of hydrogen-bond donors (Lipinski definition) is 1. The van der Waals surface area contributed by atoms with E-state index in [0.717, 1.165) is 28.7 Å². The average Bonchev–Trinajstić information content (AvgIpc) is 2.72. The zero-order valence-electron chi connectivity index (χ0n) is 11.0. The van der Waals surface area contributed by atoms with Gasteiger partial charge in [-0.3, -0.25) is 4.79 Å². The summed E-state index contributed by atoms with van der Waals surface area (Å²) >= 11 is 5.06. The minimum absolute atomic E-state index is 0.350. The molecule has 2 nitrogen and oxygen atoms in total. The van der Waals surface area contributed by atoms with Crippen LogP contribution in [0.2, 0.25) is 0 Å². The smallest absolute Gasteiger partial charge is 0.138 e. The fourth-order valence-corrected chi connectivity index (χ4v) is 3.65. The SMILES string of the molecule is CCCC(CCN)CCC(=O)Cc1cc(Br)cs1. The molecule has 4 heteroatoms. The van der Waals surface area contributed by atoms with Gasteiger partial charge in [-0.1, -0.05) is 19.8 Å². The first-order chi connectivity index (χ1) is 8.65. The van der Waals surface area contributed by atoms with E-state index in [1.165, 1.54) is 12.8 Å². The van der Waals surface area contributed by atoms with Gasteiger partial charge < -0.3 is 5.73 Å². The summed E-state index contributed by atoms with van der Waals surface area (Å²) < 4.78 is 1.07. The zero-order chi connectivity index (χ0) is 13.4. The van der Waals surface area contributed by atoms with Crippen molar-refractivity contribution in [2.24, 2.45) is 11.7 Å². The molecule has 1 aromatic rings. The fraction of sp³-hybridized carbons (Fsp3) is 0.643. The molecule has 0 aliphatic carbocycles. The highest BCUT2D eigenvalue weighted by molar-refractivity contribution is 9.10. The molecule has 1 atom stereocenters. The van der Waals surface area contributed by atoms with Crippen LogP contribution in [0.3, 0.4) is 0 Å². The Kier molecular flexibility index (Phi) is 7.79. The van der Waals surface area contributed by atoms with E-state index in [9.17, 15) is 4.79 Å². The minimum atomic E-state index is 0.350. The van der Waals surface area contributed by atoms with E-state index in [1.54, 1.807) is 11.3 Å². The molecule has 0 aliphatic rings. The summed E-state index contributed by atoms with van der Waals surface area (Å²) in [5.74, 6) is 0.974. The summed E-state index contributed by atoms with van der Waals surface area (Å²) in [6.07, 6.45) is 5.69. The third kappa shape index (κ3) is 6.12. The first-order valence-electron chi connectivity index (χ1n) is 6.60. The van der Waals surface area contributed by atoms with Gasteiger partial charge in [0.05, 0.1) is 0 Å². The van der Waals surface area contributed by atoms with Gasteiger partial charge in [-0.2, -0.15) is 0 Å². The number of thiophene rings is 1. The maximum absolute atomic E-state index is 11.9. The van der Waals surface area contributed by atoms with E-state index in [2.05, 4.69) is 22.9 Å². The average molecular weight is 332 g/mol. The van der Waals surface area contributed by atoms with Crippen molar-refractivity contribution in [2.75, 3.05) is 6.54 Å². The zero-order valence-corrected chi connectivity index (χ0v) is 13.4. The van der Waals surface area contributed by atoms with Gasteiger partial charge in [0.25, 0.3) is 0 Å². The molecule has 18 heavy (non-hydrogen) atoms. The van der Waals surface area contributed by atoms with Gasteiger partial charge in [-0.25, -0.2) is 0 Å². The first kappa shape index (κ1) is 15.9. The van der Waals surface area contributed by atoms with Crippen LogP contribution < -0.4 is 5.73 Å². The Bertz CT molecular complexity index is 358. The second-order valence-electron chi connectivity index (χ2n) is 4.72. The highest BCUT2D eigenvalue weighted by Gasteiger charge is 2.11. The molecule has 1 heterocycles. The van der Waals surface area contributed by atoms with E-state index in [-0.39, 0.29) is 0 Å². The van der Waals surface area contributed by atoms with E-state index >= 15 is 0 Å². The second-order valence-corrected chi connectivity index (χ2v) is 6.63. The lowest BCUT2D eigenvalue weighted by Crippen LogP contribution is -2.11. The van der Waals surface area contributed by atoms with Gasteiger partial charge in [0.2, 0.25) is 0 Å². The van der Waals surface area contributed by atoms with Gasteiger partial charge in [0.15, 0.2) is 0 Å². The molecule has 0 saturated heterocycles. The molecule has 0 fully saturated rings. The molecule has 0 bridgehead atoms. The van der Waals surface area contributed by atoms with Crippen molar-refractivity contribution < 1.29 is 4.79 Å². The number of carbonyl (C=O) groups excluding carboxylic acids is 1. The number of nitrogens with two attached hydrogens (primary N) is 1. The van der Waals surface area contributed by atoms with Crippen LogP contribution in [0.5, 0.6) is 0 Å². The number of rotatable bonds is 9. The Balaban J connectivity index is 2.30. The summed E-state index contributed by atoms with van der Waals surface area (Å²) in [6.45, 7) is 2.92. The van der Waals surface area contributed by atoms with Crippen LogP contribution in [0, 0.1) is 5.92 Å². The van der Waals surface area contributed by atoms with Crippen molar-refractivity contribution in [3.8, 4) is 0 Å². The molecule has 0 radical (unpaired) electrons. The van der Waals surface area contributed by atoms with E-state index in [1.807, 2.05) is 11.4 Å². The highest BCUT2D eigenvalue weighted by Crippen LogP contribution is 2.22. The van der Waals surface area contributed by atoms with Crippen LogP contribution in [0.15, 0.2) is 15.9 Å². The molecule has 102 valence electrons. The highest BCUT2D eigenvalue weighted by atomic mass is 79.9. The summed E-state index contributed by atoms with van der Waals surface area (Å²) in [5, 5.41) is 2.02. The van der Waals surface area contributed by atoms with Crippen molar-refractivity contribution in [3.63, 3.8) is 0 Å². The molecule has 1 aromatic heterocycles.